The Morgan fingerprint density at radius 3 is 2.69 bits per heavy atom. The molecule has 1 aromatic carbocycles. The Morgan fingerprint density at radius 1 is 1.19 bits per heavy atom. The Bertz CT molecular complexity index is 1050. The number of nitrogens with zero attached hydrogens (tertiary/aromatic N) is 1. The molecule has 1 spiro atoms. The average molecular weight is 512 g/mol. The molecule has 2 bridgehead atoms. The number of fused-ring (bicyclic) bond motifs is 1. The van der Waals surface area contributed by atoms with E-state index in [1.165, 1.54) is 6.42 Å². The van der Waals surface area contributed by atoms with Crippen LogP contribution in [0.3, 0.4) is 0 Å². The first-order chi connectivity index (χ1) is 17.3. The molecule has 1 aromatic rings. The van der Waals surface area contributed by atoms with E-state index in [2.05, 4.69) is 24.5 Å². The van der Waals surface area contributed by atoms with E-state index >= 15 is 0 Å². The first-order valence-electron chi connectivity index (χ1n) is 13.3. The summed E-state index contributed by atoms with van der Waals surface area (Å²) in [5, 5.41) is 6.25. The number of amides is 3. The van der Waals surface area contributed by atoms with E-state index in [0.717, 1.165) is 37.0 Å². The quantitative estimate of drug-likeness (QED) is 0.407. The second-order valence-corrected chi connectivity index (χ2v) is 11.9. The summed E-state index contributed by atoms with van der Waals surface area (Å²) in [7, 11) is 0. The molecule has 3 unspecified atom stereocenters. The Morgan fingerprint density at radius 2 is 1.97 bits per heavy atom. The van der Waals surface area contributed by atoms with E-state index in [1.54, 1.807) is 16.7 Å². The van der Waals surface area contributed by atoms with Crippen molar-refractivity contribution in [2.24, 2.45) is 17.8 Å². The zero-order chi connectivity index (χ0) is 25.4. The summed E-state index contributed by atoms with van der Waals surface area (Å²) < 4.78 is 6.43. The van der Waals surface area contributed by atoms with Gasteiger partial charge in [0.1, 0.15) is 11.6 Å². The van der Waals surface area contributed by atoms with Gasteiger partial charge in [-0.05, 0) is 49.6 Å². The molecule has 3 amide bonds. The molecule has 36 heavy (non-hydrogen) atoms. The fraction of sp³-hybridized carbons (Fsp3) is 0.607. The van der Waals surface area contributed by atoms with Gasteiger partial charge in [0.05, 0.1) is 17.9 Å². The van der Waals surface area contributed by atoms with Crippen molar-refractivity contribution < 1.29 is 19.1 Å². The van der Waals surface area contributed by atoms with Crippen LogP contribution in [0.2, 0.25) is 0 Å². The molecule has 1 aliphatic carbocycles. The highest BCUT2D eigenvalue weighted by atomic mass is 32.2. The molecule has 2 N–H and O–H groups in total. The normalized spacial score (nSPS) is 31.2. The van der Waals surface area contributed by atoms with Crippen molar-refractivity contribution in [2.75, 3.05) is 18.1 Å². The molecule has 5 rings (SSSR count). The number of rotatable bonds is 8. The number of hydrogen-bond donors (Lipinski definition) is 2. The second kappa shape index (κ2) is 10.2. The number of ether oxygens (including phenoxy) is 1. The number of nitrogens with one attached hydrogen (secondary N) is 2. The summed E-state index contributed by atoms with van der Waals surface area (Å²) in [6.45, 7) is 4.69. The molecule has 0 aromatic heterocycles. The molecule has 3 aliphatic heterocycles. The number of likely N-dealkylation sites (tertiary alicyclic amines) is 1. The van der Waals surface area contributed by atoms with Crippen LogP contribution in [0.1, 0.15) is 52.4 Å². The summed E-state index contributed by atoms with van der Waals surface area (Å²) >= 11 is 1.60. The molecule has 1 saturated carbocycles. The molecule has 5 atom stereocenters. The summed E-state index contributed by atoms with van der Waals surface area (Å²) in [6, 6.07) is 7.04. The van der Waals surface area contributed by atoms with Gasteiger partial charge in [0.25, 0.3) is 0 Å². The van der Waals surface area contributed by atoms with Crippen molar-refractivity contribution in [3.05, 3.63) is 36.4 Å². The summed E-state index contributed by atoms with van der Waals surface area (Å²) in [4.78, 5) is 44.0. The molecule has 7 nitrogen and oxygen atoms in total. The van der Waals surface area contributed by atoms with E-state index in [1.807, 2.05) is 42.7 Å². The van der Waals surface area contributed by atoms with Gasteiger partial charge in [-0.1, -0.05) is 51.3 Å². The lowest BCUT2D eigenvalue weighted by molar-refractivity contribution is -0.141. The zero-order valence-electron chi connectivity index (χ0n) is 21.4. The topological polar surface area (TPSA) is 87.7 Å². The summed E-state index contributed by atoms with van der Waals surface area (Å²) in [6.07, 6.45) is 11.4. The van der Waals surface area contributed by atoms with Crippen molar-refractivity contribution in [3.63, 3.8) is 0 Å². The van der Waals surface area contributed by atoms with Crippen LogP contribution in [0.15, 0.2) is 41.3 Å². The number of hydrogen-bond acceptors (Lipinski definition) is 5. The molecular weight excluding hydrogens is 474 g/mol. The SMILES string of the molecule is CSc1cccc(NC(=O)C2[C@H]3C=CC4(O3)C(C(=O)NC3CCCCC3)N(CCC(C)C)C(=O)[C@@H]24)c1. The van der Waals surface area contributed by atoms with Gasteiger partial charge in [0.2, 0.25) is 17.7 Å². The maximum absolute atomic E-state index is 13.9. The standard InChI is InChI=1S/C28H37N3O4S/c1-17(2)13-15-31-24(26(33)29-18-8-5-4-6-9-18)28-14-12-21(35-28)22(23(28)27(31)34)25(32)30-19-10-7-11-20(16-19)36-3/h7,10-12,14,16-18,21-24H,4-6,8-9,13,15H2,1-3H3,(H,29,33)(H,30,32)/t21-,22?,23-,24?,28?/m1/s1. The lowest BCUT2D eigenvalue weighted by atomic mass is 9.74. The largest absolute Gasteiger partial charge is 0.359 e. The highest BCUT2D eigenvalue weighted by Gasteiger charge is 2.72. The minimum atomic E-state index is -1.10. The minimum absolute atomic E-state index is 0.133. The highest BCUT2D eigenvalue weighted by Crippen LogP contribution is 2.55. The third-order valence-electron chi connectivity index (χ3n) is 8.16. The first-order valence-corrected chi connectivity index (χ1v) is 14.5. The maximum atomic E-state index is 13.9. The molecule has 2 saturated heterocycles. The van der Waals surface area contributed by atoms with E-state index in [0.29, 0.717) is 18.2 Å². The number of carbonyl (C=O) groups is 3. The van der Waals surface area contributed by atoms with Crippen LogP contribution in [-0.4, -0.2) is 59.2 Å². The number of benzene rings is 1. The highest BCUT2D eigenvalue weighted by molar-refractivity contribution is 7.98. The van der Waals surface area contributed by atoms with Crippen LogP contribution in [0.25, 0.3) is 0 Å². The van der Waals surface area contributed by atoms with Crippen LogP contribution < -0.4 is 10.6 Å². The van der Waals surface area contributed by atoms with Gasteiger partial charge in [-0.15, -0.1) is 11.8 Å². The third-order valence-corrected chi connectivity index (χ3v) is 8.89. The van der Waals surface area contributed by atoms with Crippen LogP contribution in [0, 0.1) is 17.8 Å². The van der Waals surface area contributed by atoms with E-state index in [9.17, 15) is 14.4 Å². The molecule has 194 valence electrons. The van der Waals surface area contributed by atoms with Gasteiger partial charge in [-0.25, -0.2) is 0 Å². The van der Waals surface area contributed by atoms with Crippen molar-refractivity contribution in [2.45, 2.75) is 81.1 Å². The van der Waals surface area contributed by atoms with Crippen LogP contribution in [0.5, 0.6) is 0 Å². The predicted molar refractivity (Wildman–Crippen MR) is 141 cm³/mol. The van der Waals surface area contributed by atoms with Gasteiger partial charge in [-0.3, -0.25) is 14.4 Å². The lowest BCUT2D eigenvalue weighted by Crippen LogP contribution is -2.56. The van der Waals surface area contributed by atoms with Crippen molar-refractivity contribution in [1.29, 1.82) is 0 Å². The lowest BCUT2D eigenvalue weighted by Gasteiger charge is -2.34. The van der Waals surface area contributed by atoms with Gasteiger partial charge < -0.3 is 20.3 Å². The van der Waals surface area contributed by atoms with Crippen LogP contribution in [-0.2, 0) is 19.1 Å². The van der Waals surface area contributed by atoms with E-state index in [-0.39, 0.29) is 23.8 Å². The minimum Gasteiger partial charge on any atom is -0.359 e. The third kappa shape index (κ3) is 4.47. The van der Waals surface area contributed by atoms with Crippen LogP contribution >= 0.6 is 11.8 Å². The Kier molecular flexibility index (Phi) is 7.18. The Hall–Kier alpha value is -2.32. The van der Waals surface area contributed by atoms with Gasteiger partial charge in [0.15, 0.2) is 0 Å². The fourth-order valence-corrected chi connectivity index (χ4v) is 6.82. The molecule has 4 aliphatic rings. The number of anilines is 1. The fourth-order valence-electron chi connectivity index (χ4n) is 6.36. The summed E-state index contributed by atoms with van der Waals surface area (Å²) in [5.41, 5.74) is -0.401. The second-order valence-electron chi connectivity index (χ2n) is 11.0. The van der Waals surface area contributed by atoms with E-state index in [4.69, 9.17) is 4.74 Å². The van der Waals surface area contributed by atoms with E-state index < -0.39 is 29.6 Å². The van der Waals surface area contributed by atoms with Crippen LogP contribution in [0.4, 0.5) is 5.69 Å². The first kappa shape index (κ1) is 25.3. The van der Waals surface area contributed by atoms with Gasteiger partial charge in [0, 0.05) is 23.2 Å². The predicted octanol–water partition coefficient (Wildman–Crippen LogP) is 3.99. The number of carbonyl (C=O) groups excluding carboxylic acids is 3. The van der Waals surface area contributed by atoms with Crippen molar-refractivity contribution in [1.82, 2.24) is 10.2 Å². The average Bonchev–Trinajstić information content (AvgIpc) is 3.50. The van der Waals surface area contributed by atoms with Crippen molar-refractivity contribution >= 4 is 35.2 Å². The molecule has 8 heteroatoms. The zero-order valence-corrected chi connectivity index (χ0v) is 22.2. The molecule has 3 fully saturated rings. The number of thioether (sulfide) groups is 1. The molecule has 3 heterocycles. The van der Waals surface area contributed by atoms with Gasteiger partial charge in [-0.2, -0.15) is 0 Å². The monoisotopic (exact) mass is 511 g/mol. The molecule has 0 radical (unpaired) electrons. The maximum Gasteiger partial charge on any atom is 0.246 e. The Balaban J connectivity index is 1.42. The van der Waals surface area contributed by atoms with Gasteiger partial charge >= 0.3 is 0 Å². The Labute approximate surface area is 217 Å². The van der Waals surface area contributed by atoms with Crippen molar-refractivity contribution in [3.8, 4) is 0 Å². The summed E-state index contributed by atoms with van der Waals surface area (Å²) in [5.74, 6) is -1.53. The smallest absolute Gasteiger partial charge is 0.246 e. The molecular formula is C28H37N3O4S.